The first-order valence-corrected chi connectivity index (χ1v) is 5.59. The van der Waals surface area contributed by atoms with E-state index in [2.05, 4.69) is 9.97 Å². The third-order valence-electron chi connectivity index (χ3n) is 1.93. The number of fused-ring (bicyclic) bond motifs is 1. The Bertz CT molecular complexity index is 448. The second-order valence-corrected chi connectivity index (χ2v) is 3.35. The van der Waals surface area contributed by atoms with Gasteiger partial charge in [-0.15, -0.1) is 0 Å². The number of halogens is 1. The van der Waals surface area contributed by atoms with Crippen LogP contribution in [0.25, 0.3) is 5.65 Å². The SMILES string of the molecule is CC.CCc1cn2cc(C)nc2c(Cl)n1. The molecule has 0 radical (unpaired) electrons. The Kier molecular flexibility index (Phi) is 4.09. The fraction of sp³-hybridized carbons (Fsp3) is 0.455. The lowest BCUT2D eigenvalue weighted by Crippen LogP contribution is -1.93. The van der Waals surface area contributed by atoms with Crippen LogP contribution in [0.15, 0.2) is 12.4 Å². The highest BCUT2D eigenvalue weighted by Gasteiger charge is 2.05. The van der Waals surface area contributed by atoms with Gasteiger partial charge in [0.05, 0.1) is 11.4 Å². The first-order chi connectivity index (χ1) is 7.20. The van der Waals surface area contributed by atoms with Gasteiger partial charge in [-0.3, -0.25) is 0 Å². The number of hydrogen-bond acceptors (Lipinski definition) is 2. The molecule has 0 atom stereocenters. The molecule has 0 aromatic carbocycles. The van der Waals surface area contributed by atoms with Gasteiger partial charge in [-0.1, -0.05) is 32.4 Å². The molecule has 82 valence electrons. The van der Waals surface area contributed by atoms with Crippen molar-refractivity contribution in [2.24, 2.45) is 0 Å². The Morgan fingerprint density at radius 2 is 1.93 bits per heavy atom. The minimum Gasteiger partial charge on any atom is -0.302 e. The van der Waals surface area contributed by atoms with Crippen LogP contribution in [0.5, 0.6) is 0 Å². The van der Waals surface area contributed by atoms with Gasteiger partial charge < -0.3 is 4.40 Å². The summed E-state index contributed by atoms with van der Waals surface area (Å²) in [6.07, 6.45) is 4.79. The molecule has 0 fully saturated rings. The van der Waals surface area contributed by atoms with Crippen LogP contribution in [0.4, 0.5) is 0 Å². The molecule has 0 bridgehead atoms. The van der Waals surface area contributed by atoms with Crippen molar-refractivity contribution in [3.63, 3.8) is 0 Å². The molecule has 2 rings (SSSR count). The third-order valence-corrected chi connectivity index (χ3v) is 2.18. The zero-order valence-electron chi connectivity index (χ0n) is 9.58. The molecular weight excluding hydrogens is 210 g/mol. The molecule has 2 aromatic heterocycles. The van der Waals surface area contributed by atoms with Crippen LogP contribution in [0.3, 0.4) is 0 Å². The van der Waals surface area contributed by atoms with Gasteiger partial charge in [0.2, 0.25) is 0 Å². The van der Waals surface area contributed by atoms with E-state index in [0.717, 1.165) is 23.5 Å². The summed E-state index contributed by atoms with van der Waals surface area (Å²) in [7, 11) is 0. The van der Waals surface area contributed by atoms with E-state index in [1.54, 1.807) is 0 Å². The van der Waals surface area contributed by atoms with Crippen LogP contribution in [-0.4, -0.2) is 14.4 Å². The first kappa shape index (κ1) is 12.0. The largest absolute Gasteiger partial charge is 0.302 e. The first-order valence-electron chi connectivity index (χ1n) is 5.21. The van der Waals surface area contributed by atoms with Crippen LogP contribution >= 0.6 is 11.6 Å². The van der Waals surface area contributed by atoms with Gasteiger partial charge in [-0.25, -0.2) is 9.97 Å². The smallest absolute Gasteiger partial charge is 0.175 e. The normalized spacial score (nSPS) is 9.93. The summed E-state index contributed by atoms with van der Waals surface area (Å²) in [4.78, 5) is 8.47. The van der Waals surface area contributed by atoms with Gasteiger partial charge in [0.25, 0.3) is 0 Å². The van der Waals surface area contributed by atoms with Crippen LogP contribution in [0.2, 0.25) is 5.15 Å². The van der Waals surface area contributed by atoms with Crippen LogP contribution in [-0.2, 0) is 6.42 Å². The summed E-state index contributed by atoms with van der Waals surface area (Å²) in [5.74, 6) is 0. The minimum atomic E-state index is 0.479. The molecule has 15 heavy (non-hydrogen) atoms. The standard InChI is InChI=1S/C9H10ClN3.C2H6/c1-3-7-5-13-4-6(2)11-9(13)8(10)12-7;1-2/h4-5H,3H2,1-2H3;1-2H3. The molecule has 0 saturated carbocycles. The van der Waals surface area contributed by atoms with Gasteiger partial charge in [0.1, 0.15) is 0 Å². The van der Waals surface area contributed by atoms with E-state index in [-0.39, 0.29) is 0 Å². The van der Waals surface area contributed by atoms with E-state index in [4.69, 9.17) is 11.6 Å². The molecule has 0 saturated heterocycles. The van der Waals surface area contributed by atoms with E-state index in [1.165, 1.54) is 0 Å². The monoisotopic (exact) mass is 225 g/mol. The average Bonchev–Trinajstić information content (AvgIpc) is 2.62. The van der Waals surface area contributed by atoms with Gasteiger partial charge in [0.15, 0.2) is 10.8 Å². The fourth-order valence-corrected chi connectivity index (χ4v) is 1.55. The topological polar surface area (TPSA) is 30.2 Å². The highest BCUT2D eigenvalue weighted by Crippen LogP contribution is 2.15. The van der Waals surface area contributed by atoms with Crippen molar-refractivity contribution in [3.05, 3.63) is 28.9 Å². The van der Waals surface area contributed by atoms with E-state index in [1.807, 2.05) is 44.5 Å². The molecule has 0 aliphatic rings. The quantitative estimate of drug-likeness (QED) is 0.746. The van der Waals surface area contributed by atoms with Crippen LogP contribution in [0, 0.1) is 6.92 Å². The molecule has 0 amide bonds. The van der Waals surface area contributed by atoms with Crippen molar-refractivity contribution >= 4 is 17.2 Å². The van der Waals surface area contributed by atoms with E-state index >= 15 is 0 Å². The highest BCUT2D eigenvalue weighted by molar-refractivity contribution is 6.32. The average molecular weight is 226 g/mol. The number of rotatable bonds is 1. The third kappa shape index (κ3) is 2.48. The number of nitrogens with zero attached hydrogens (tertiary/aromatic N) is 3. The maximum absolute atomic E-state index is 5.96. The van der Waals surface area contributed by atoms with Gasteiger partial charge in [-0.05, 0) is 13.3 Å². The van der Waals surface area contributed by atoms with Crippen molar-refractivity contribution < 1.29 is 0 Å². The summed E-state index contributed by atoms with van der Waals surface area (Å²) in [5.41, 5.74) is 2.67. The molecule has 2 heterocycles. The van der Waals surface area contributed by atoms with Gasteiger partial charge in [0, 0.05) is 12.4 Å². The molecule has 3 nitrogen and oxygen atoms in total. The fourth-order valence-electron chi connectivity index (χ4n) is 1.30. The van der Waals surface area contributed by atoms with Crippen molar-refractivity contribution in [2.75, 3.05) is 0 Å². The molecule has 0 aliphatic heterocycles. The summed E-state index contributed by atoms with van der Waals surface area (Å²) in [6.45, 7) is 7.99. The molecule has 4 heteroatoms. The Morgan fingerprint density at radius 3 is 2.53 bits per heavy atom. The lowest BCUT2D eigenvalue weighted by Gasteiger charge is -1.99. The number of aromatic nitrogens is 3. The second kappa shape index (κ2) is 5.12. The summed E-state index contributed by atoms with van der Waals surface area (Å²) >= 11 is 5.96. The summed E-state index contributed by atoms with van der Waals surface area (Å²) < 4.78 is 1.92. The molecule has 0 aliphatic carbocycles. The maximum Gasteiger partial charge on any atom is 0.175 e. The Morgan fingerprint density at radius 1 is 1.27 bits per heavy atom. The number of hydrogen-bond donors (Lipinski definition) is 0. The minimum absolute atomic E-state index is 0.479. The molecule has 2 aromatic rings. The summed E-state index contributed by atoms with van der Waals surface area (Å²) in [5, 5.41) is 0.479. The lowest BCUT2D eigenvalue weighted by atomic mass is 10.3. The molecule has 0 unspecified atom stereocenters. The van der Waals surface area contributed by atoms with Crippen LogP contribution in [0.1, 0.15) is 32.2 Å². The Hall–Kier alpha value is -1.09. The van der Waals surface area contributed by atoms with Crippen LogP contribution < -0.4 is 0 Å². The van der Waals surface area contributed by atoms with Crippen molar-refractivity contribution in [2.45, 2.75) is 34.1 Å². The maximum atomic E-state index is 5.96. The lowest BCUT2D eigenvalue weighted by molar-refractivity contribution is 0.981. The zero-order chi connectivity index (χ0) is 11.4. The number of imidazole rings is 1. The predicted molar refractivity (Wildman–Crippen MR) is 63.5 cm³/mol. The summed E-state index contributed by atoms with van der Waals surface area (Å²) in [6, 6.07) is 0. The second-order valence-electron chi connectivity index (χ2n) is 2.99. The Labute approximate surface area is 95.1 Å². The van der Waals surface area contributed by atoms with Crippen molar-refractivity contribution in [3.8, 4) is 0 Å². The van der Waals surface area contributed by atoms with Gasteiger partial charge >= 0.3 is 0 Å². The van der Waals surface area contributed by atoms with E-state index in [0.29, 0.717) is 5.15 Å². The highest BCUT2D eigenvalue weighted by atomic mass is 35.5. The predicted octanol–water partition coefficient (Wildman–Crippen LogP) is 3.28. The van der Waals surface area contributed by atoms with Gasteiger partial charge in [-0.2, -0.15) is 0 Å². The molecule has 0 N–H and O–H groups in total. The Balaban J connectivity index is 0.000000531. The van der Waals surface area contributed by atoms with E-state index < -0.39 is 0 Å². The van der Waals surface area contributed by atoms with E-state index in [9.17, 15) is 0 Å². The van der Waals surface area contributed by atoms with Crippen molar-refractivity contribution in [1.82, 2.24) is 14.4 Å². The number of aryl methyl sites for hydroxylation is 2. The molecular formula is C11H16ClN3. The van der Waals surface area contributed by atoms with Crippen molar-refractivity contribution in [1.29, 1.82) is 0 Å². The molecule has 0 spiro atoms. The zero-order valence-corrected chi connectivity index (χ0v) is 10.3.